The maximum atomic E-state index is 13.4. The van der Waals surface area contributed by atoms with E-state index in [-0.39, 0.29) is 24.4 Å². The number of hydrogen-bond acceptors (Lipinski definition) is 4. The summed E-state index contributed by atoms with van der Waals surface area (Å²) in [7, 11) is 0. The van der Waals surface area contributed by atoms with Gasteiger partial charge in [0.25, 0.3) is 5.91 Å². The monoisotopic (exact) mass is 421 g/mol. The van der Waals surface area contributed by atoms with Gasteiger partial charge in [0.15, 0.2) is 0 Å². The minimum absolute atomic E-state index is 0.211. The number of urea groups is 1. The van der Waals surface area contributed by atoms with E-state index in [1.165, 1.54) is 0 Å². The molecule has 162 valence electrons. The molecule has 4 rings (SSSR count). The Bertz CT molecular complexity index is 978. The molecule has 2 heterocycles. The summed E-state index contributed by atoms with van der Waals surface area (Å²) < 4.78 is 5.64. The van der Waals surface area contributed by atoms with Crippen molar-refractivity contribution >= 4 is 17.8 Å². The van der Waals surface area contributed by atoms with E-state index in [0.717, 1.165) is 34.6 Å². The third kappa shape index (κ3) is 4.00. The van der Waals surface area contributed by atoms with Gasteiger partial charge < -0.3 is 15.4 Å². The first-order chi connectivity index (χ1) is 15.0. The van der Waals surface area contributed by atoms with Gasteiger partial charge in [-0.3, -0.25) is 14.5 Å². The van der Waals surface area contributed by atoms with Crippen LogP contribution in [0.5, 0.6) is 5.75 Å². The fraction of sp³-hybridized carbons (Fsp3) is 0.375. The van der Waals surface area contributed by atoms with Gasteiger partial charge in [-0.1, -0.05) is 68.3 Å². The molecule has 1 fully saturated rings. The molecule has 0 aromatic heterocycles. The Labute approximate surface area is 181 Å². The molecule has 31 heavy (non-hydrogen) atoms. The molecule has 2 N–H and O–H groups in total. The summed E-state index contributed by atoms with van der Waals surface area (Å²) in [6.07, 6.45) is 2.79. The van der Waals surface area contributed by atoms with Gasteiger partial charge in [0, 0.05) is 12.0 Å². The molecule has 2 aliphatic heterocycles. The summed E-state index contributed by atoms with van der Waals surface area (Å²) in [6.45, 7) is 2.22. The lowest BCUT2D eigenvalue weighted by Crippen LogP contribution is -2.45. The lowest BCUT2D eigenvalue weighted by Gasteiger charge is -2.28. The smallest absolute Gasteiger partial charge is 0.325 e. The standard InChI is InChI=1S/C24H27N3O4/c1-2-3-14-24(17-9-5-4-6-10-17)22(29)27(23(30)26-24)16-21(28)25-19-13-15-31-20-12-8-7-11-18(19)20/h4-12,19H,2-3,13-16H2,1H3,(H,25,28)(H,26,30). The zero-order chi connectivity index (χ0) is 21.8. The molecule has 0 spiro atoms. The fourth-order valence-corrected chi connectivity index (χ4v) is 4.32. The zero-order valence-corrected chi connectivity index (χ0v) is 17.6. The first kappa shape index (κ1) is 20.9. The van der Waals surface area contributed by atoms with Crippen LogP contribution in [0.15, 0.2) is 54.6 Å². The second-order valence-corrected chi connectivity index (χ2v) is 7.99. The number of rotatable bonds is 7. The Morgan fingerprint density at radius 1 is 1.16 bits per heavy atom. The van der Waals surface area contributed by atoms with Gasteiger partial charge >= 0.3 is 6.03 Å². The Hall–Kier alpha value is -3.35. The summed E-state index contributed by atoms with van der Waals surface area (Å²) >= 11 is 0. The van der Waals surface area contributed by atoms with Crippen LogP contribution in [0.3, 0.4) is 0 Å². The average Bonchev–Trinajstić information content (AvgIpc) is 3.03. The number of para-hydroxylation sites is 1. The van der Waals surface area contributed by atoms with Gasteiger partial charge in [-0.15, -0.1) is 0 Å². The van der Waals surface area contributed by atoms with Crippen molar-refractivity contribution in [3.63, 3.8) is 0 Å². The number of benzene rings is 2. The predicted octanol–water partition coefficient (Wildman–Crippen LogP) is 3.26. The minimum atomic E-state index is -1.13. The van der Waals surface area contributed by atoms with E-state index < -0.39 is 11.6 Å². The highest BCUT2D eigenvalue weighted by Crippen LogP contribution is 2.34. The molecule has 2 atom stereocenters. The van der Waals surface area contributed by atoms with Crippen LogP contribution in [-0.4, -0.2) is 35.9 Å². The fourth-order valence-electron chi connectivity index (χ4n) is 4.32. The Morgan fingerprint density at radius 2 is 1.90 bits per heavy atom. The van der Waals surface area contributed by atoms with Crippen LogP contribution in [0.4, 0.5) is 4.79 Å². The molecule has 7 heteroatoms. The number of unbranched alkanes of at least 4 members (excludes halogenated alkanes) is 1. The van der Waals surface area contributed by atoms with Crippen LogP contribution in [0.25, 0.3) is 0 Å². The lowest BCUT2D eigenvalue weighted by atomic mass is 9.85. The Morgan fingerprint density at radius 3 is 2.68 bits per heavy atom. The van der Waals surface area contributed by atoms with E-state index >= 15 is 0 Å². The molecule has 2 unspecified atom stereocenters. The van der Waals surface area contributed by atoms with Crippen molar-refractivity contribution in [2.75, 3.05) is 13.2 Å². The summed E-state index contributed by atoms with van der Waals surface area (Å²) in [5.41, 5.74) is 0.517. The van der Waals surface area contributed by atoms with Crippen LogP contribution in [0.2, 0.25) is 0 Å². The third-order valence-corrected chi connectivity index (χ3v) is 5.94. The minimum Gasteiger partial charge on any atom is -0.493 e. The normalized spacial score (nSPS) is 22.5. The molecule has 2 aromatic rings. The maximum absolute atomic E-state index is 13.4. The first-order valence-corrected chi connectivity index (χ1v) is 10.8. The molecular formula is C24H27N3O4. The van der Waals surface area contributed by atoms with Crippen LogP contribution >= 0.6 is 0 Å². The van der Waals surface area contributed by atoms with E-state index in [0.29, 0.717) is 19.4 Å². The number of nitrogens with one attached hydrogen (secondary N) is 2. The summed E-state index contributed by atoms with van der Waals surface area (Å²) in [5, 5.41) is 5.84. The zero-order valence-electron chi connectivity index (χ0n) is 17.6. The molecule has 0 bridgehead atoms. The van der Waals surface area contributed by atoms with Crippen molar-refractivity contribution in [2.24, 2.45) is 0 Å². The van der Waals surface area contributed by atoms with Gasteiger partial charge in [0.05, 0.1) is 12.6 Å². The highest BCUT2D eigenvalue weighted by molar-refractivity contribution is 6.09. The third-order valence-electron chi connectivity index (χ3n) is 5.94. The van der Waals surface area contributed by atoms with E-state index in [1.807, 2.05) is 61.5 Å². The van der Waals surface area contributed by atoms with Gasteiger partial charge in [-0.25, -0.2) is 4.79 Å². The number of carbonyl (C=O) groups is 3. The van der Waals surface area contributed by atoms with Crippen molar-refractivity contribution in [3.8, 4) is 5.75 Å². The molecule has 7 nitrogen and oxygen atoms in total. The number of nitrogens with zero attached hydrogens (tertiary/aromatic N) is 1. The molecular weight excluding hydrogens is 394 g/mol. The van der Waals surface area contributed by atoms with Crippen LogP contribution in [0, 0.1) is 0 Å². The average molecular weight is 421 g/mol. The second-order valence-electron chi connectivity index (χ2n) is 7.99. The molecule has 2 aliphatic rings. The summed E-state index contributed by atoms with van der Waals surface area (Å²) in [4.78, 5) is 40.0. The molecule has 4 amide bonds. The van der Waals surface area contributed by atoms with Crippen molar-refractivity contribution in [1.82, 2.24) is 15.5 Å². The highest BCUT2D eigenvalue weighted by atomic mass is 16.5. The number of fused-ring (bicyclic) bond motifs is 1. The number of hydrogen-bond donors (Lipinski definition) is 2. The summed E-state index contributed by atoms with van der Waals surface area (Å²) in [5.74, 6) is 0.000867. The Kier molecular flexibility index (Phi) is 5.93. The summed E-state index contributed by atoms with van der Waals surface area (Å²) in [6, 6.07) is 16.1. The molecule has 0 aliphatic carbocycles. The van der Waals surface area contributed by atoms with E-state index in [1.54, 1.807) is 0 Å². The number of carbonyl (C=O) groups excluding carboxylic acids is 3. The number of amides is 4. The topological polar surface area (TPSA) is 87.7 Å². The van der Waals surface area contributed by atoms with E-state index in [2.05, 4.69) is 10.6 Å². The first-order valence-electron chi connectivity index (χ1n) is 10.8. The number of imide groups is 1. The van der Waals surface area contributed by atoms with Crippen LogP contribution in [-0.2, 0) is 15.1 Å². The second kappa shape index (κ2) is 8.79. The molecule has 0 radical (unpaired) electrons. The van der Waals surface area contributed by atoms with Gasteiger partial charge in [-0.05, 0) is 18.1 Å². The van der Waals surface area contributed by atoms with Crippen molar-refractivity contribution < 1.29 is 19.1 Å². The van der Waals surface area contributed by atoms with Crippen LogP contribution < -0.4 is 15.4 Å². The molecule has 0 saturated carbocycles. The number of ether oxygens (including phenoxy) is 1. The van der Waals surface area contributed by atoms with E-state index in [9.17, 15) is 14.4 Å². The quantitative estimate of drug-likeness (QED) is 0.672. The molecule has 2 aromatic carbocycles. The predicted molar refractivity (Wildman–Crippen MR) is 115 cm³/mol. The Balaban J connectivity index is 1.51. The van der Waals surface area contributed by atoms with Gasteiger partial charge in [0.2, 0.25) is 5.91 Å². The van der Waals surface area contributed by atoms with Crippen molar-refractivity contribution in [2.45, 2.75) is 44.2 Å². The van der Waals surface area contributed by atoms with E-state index in [4.69, 9.17) is 4.74 Å². The maximum Gasteiger partial charge on any atom is 0.325 e. The van der Waals surface area contributed by atoms with Crippen molar-refractivity contribution in [1.29, 1.82) is 0 Å². The van der Waals surface area contributed by atoms with Crippen molar-refractivity contribution in [3.05, 3.63) is 65.7 Å². The van der Waals surface area contributed by atoms with Gasteiger partial charge in [-0.2, -0.15) is 0 Å². The highest BCUT2D eigenvalue weighted by Gasteiger charge is 2.52. The van der Waals surface area contributed by atoms with Gasteiger partial charge in [0.1, 0.15) is 17.8 Å². The molecule has 1 saturated heterocycles. The SMILES string of the molecule is CCCCC1(c2ccccc2)NC(=O)N(CC(=O)NC2CCOc3ccccc32)C1=O. The lowest BCUT2D eigenvalue weighted by molar-refractivity contribution is -0.135. The van der Waals surface area contributed by atoms with Crippen LogP contribution in [0.1, 0.15) is 49.8 Å². The largest absolute Gasteiger partial charge is 0.493 e.